The number of hydrogen-bond acceptors (Lipinski definition) is 10. The molecule has 1 aliphatic carbocycles. The Morgan fingerprint density at radius 3 is 2.40 bits per heavy atom. The zero-order chi connectivity index (χ0) is 30.0. The number of rotatable bonds is 11. The molecular weight excluding hydrogens is 538 g/mol. The number of carbonyl (C=O) groups excluding carboxylic acids is 1. The first-order chi connectivity index (χ1) is 20.9. The molecule has 3 heterocycles. The Morgan fingerprint density at radius 1 is 1.10 bits per heavy atom. The monoisotopic (exact) mass is 574 g/mol. The summed E-state index contributed by atoms with van der Waals surface area (Å²) in [6, 6.07) is 20.3. The Morgan fingerprint density at radius 2 is 1.79 bits per heavy atom. The zero-order valence-corrected chi connectivity index (χ0v) is 22.9. The van der Waals surface area contributed by atoms with Crippen molar-refractivity contribution < 1.29 is 26.2 Å². The first-order valence-corrected chi connectivity index (χ1v) is 14.0. The van der Waals surface area contributed by atoms with Crippen LogP contribution in [-0.4, -0.2) is 84.3 Å². The molecule has 0 radical (unpaired) electrons. The van der Waals surface area contributed by atoms with Gasteiger partial charge < -0.3 is 36.0 Å². The molecule has 0 bridgehead atoms. The lowest BCUT2D eigenvalue weighted by atomic mass is 9.91. The highest BCUT2D eigenvalue weighted by atomic mass is 16.6. The van der Waals surface area contributed by atoms with Gasteiger partial charge in [-0.3, -0.25) is 9.36 Å². The van der Waals surface area contributed by atoms with E-state index in [0.29, 0.717) is 23.5 Å². The van der Waals surface area contributed by atoms with Gasteiger partial charge in [0.2, 0.25) is 5.95 Å². The molecule has 2 fully saturated rings. The molecule has 42 heavy (non-hydrogen) atoms. The number of ether oxygens (including phenoxy) is 1. The van der Waals surface area contributed by atoms with Crippen molar-refractivity contribution in [2.45, 2.75) is 55.7 Å². The number of hydrogen-bond donors (Lipinski definition) is 6. The number of aliphatic hydroxyl groups is 3. The van der Waals surface area contributed by atoms with Crippen molar-refractivity contribution in [3.05, 3.63) is 78.1 Å². The third-order valence-corrected chi connectivity index (χ3v) is 7.90. The Bertz CT molecular complexity index is 1510. The molecule has 12 heteroatoms. The highest BCUT2D eigenvalue weighted by molar-refractivity contribution is 5.85. The molecule has 4 aromatic rings. The SMILES string of the molecule is [2H]CCNC(=O)[C@H]1OC(n2cnc3c(NCC(c4ccccc4)c4ccccc4)nc(NC4(CO)CC4)nc32)[C@H](O)[C@@H]1O. The van der Waals surface area contributed by atoms with Gasteiger partial charge in [-0.25, -0.2) is 4.98 Å². The zero-order valence-electron chi connectivity index (χ0n) is 23.9. The minimum atomic E-state index is -1.49. The van der Waals surface area contributed by atoms with Crippen molar-refractivity contribution in [2.24, 2.45) is 0 Å². The molecule has 1 unspecified atom stereocenters. The number of likely N-dealkylation sites (N-methyl/N-ethyl adjacent to an activating group) is 1. The number of imidazole rings is 1. The number of benzene rings is 2. The van der Waals surface area contributed by atoms with E-state index in [2.05, 4.69) is 50.2 Å². The lowest BCUT2D eigenvalue weighted by molar-refractivity contribution is -0.137. The van der Waals surface area contributed by atoms with Gasteiger partial charge in [0.15, 0.2) is 29.3 Å². The van der Waals surface area contributed by atoms with Crippen LogP contribution in [0.15, 0.2) is 67.0 Å². The molecule has 220 valence electrons. The predicted molar refractivity (Wildman–Crippen MR) is 156 cm³/mol. The molecule has 2 aromatic carbocycles. The van der Waals surface area contributed by atoms with Crippen LogP contribution in [0.2, 0.25) is 0 Å². The summed E-state index contributed by atoms with van der Waals surface area (Å²) in [4.78, 5) is 26.5. The summed E-state index contributed by atoms with van der Waals surface area (Å²) in [5.74, 6) is 0.0828. The van der Waals surface area contributed by atoms with Crippen molar-refractivity contribution in [3.63, 3.8) is 0 Å². The Hall–Kier alpha value is -4.10. The quantitative estimate of drug-likeness (QED) is 0.155. The first-order valence-electron chi connectivity index (χ1n) is 14.7. The second-order valence-corrected chi connectivity index (χ2v) is 10.8. The number of carbonyl (C=O) groups is 1. The Labute approximate surface area is 244 Å². The van der Waals surface area contributed by atoms with Crippen LogP contribution in [0, 0.1) is 0 Å². The van der Waals surface area contributed by atoms with Crippen molar-refractivity contribution in [1.29, 1.82) is 0 Å². The number of aliphatic hydroxyl groups excluding tert-OH is 3. The molecule has 12 nitrogen and oxygen atoms in total. The van der Waals surface area contributed by atoms with E-state index < -0.39 is 36.0 Å². The summed E-state index contributed by atoms with van der Waals surface area (Å²) in [6.45, 7) is 0.473. The average Bonchev–Trinajstić information content (AvgIpc) is 3.59. The maximum atomic E-state index is 12.5. The minimum Gasteiger partial charge on any atom is -0.394 e. The van der Waals surface area contributed by atoms with Crippen LogP contribution in [0.4, 0.5) is 11.8 Å². The fourth-order valence-electron chi connectivity index (χ4n) is 5.32. The largest absolute Gasteiger partial charge is 0.394 e. The van der Waals surface area contributed by atoms with Crippen LogP contribution in [0.25, 0.3) is 11.2 Å². The van der Waals surface area contributed by atoms with Crippen molar-refractivity contribution >= 4 is 28.8 Å². The number of amides is 1. The summed E-state index contributed by atoms with van der Waals surface area (Å²) >= 11 is 0. The number of anilines is 2. The summed E-state index contributed by atoms with van der Waals surface area (Å²) < 4.78 is 14.6. The van der Waals surface area contributed by atoms with Crippen LogP contribution in [0.3, 0.4) is 0 Å². The van der Waals surface area contributed by atoms with Gasteiger partial charge in [-0.15, -0.1) is 0 Å². The topological polar surface area (TPSA) is 167 Å². The highest BCUT2D eigenvalue weighted by Crippen LogP contribution is 2.39. The van der Waals surface area contributed by atoms with E-state index in [0.717, 1.165) is 24.0 Å². The van der Waals surface area contributed by atoms with E-state index in [1.54, 1.807) is 0 Å². The van der Waals surface area contributed by atoms with E-state index in [1.807, 2.05) is 36.4 Å². The van der Waals surface area contributed by atoms with Crippen LogP contribution < -0.4 is 16.0 Å². The molecular formula is C30H35N7O5. The Kier molecular flexibility index (Phi) is 7.43. The minimum absolute atomic E-state index is 0.00347. The molecule has 2 aliphatic rings. The van der Waals surface area contributed by atoms with Gasteiger partial charge in [0.25, 0.3) is 5.91 Å². The molecule has 1 aliphatic heterocycles. The number of nitrogens with one attached hydrogen (secondary N) is 3. The van der Waals surface area contributed by atoms with E-state index in [4.69, 9.17) is 11.1 Å². The van der Waals surface area contributed by atoms with Crippen LogP contribution in [0.1, 0.15) is 44.4 Å². The smallest absolute Gasteiger partial charge is 0.252 e. The van der Waals surface area contributed by atoms with Crippen molar-refractivity contribution in [2.75, 3.05) is 30.3 Å². The highest BCUT2D eigenvalue weighted by Gasteiger charge is 2.48. The fraction of sp³-hybridized carbons (Fsp3) is 0.400. The van der Waals surface area contributed by atoms with E-state index in [-0.39, 0.29) is 31.9 Å². The third-order valence-electron chi connectivity index (χ3n) is 7.90. The van der Waals surface area contributed by atoms with Crippen LogP contribution in [0.5, 0.6) is 0 Å². The normalized spacial score (nSPS) is 23.1. The predicted octanol–water partition coefficient (Wildman–Crippen LogP) is 1.76. The van der Waals surface area contributed by atoms with Gasteiger partial charge >= 0.3 is 0 Å². The molecule has 1 saturated heterocycles. The van der Waals surface area contributed by atoms with Crippen LogP contribution in [-0.2, 0) is 9.53 Å². The van der Waals surface area contributed by atoms with Gasteiger partial charge in [-0.05, 0) is 30.9 Å². The Balaban J connectivity index is 1.34. The second-order valence-electron chi connectivity index (χ2n) is 10.8. The van der Waals surface area contributed by atoms with Crippen molar-refractivity contribution in [3.8, 4) is 0 Å². The summed E-state index contributed by atoms with van der Waals surface area (Å²) in [5.41, 5.74) is 2.46. The maximum Gasteiger partial charge on any atom is 0.252 e. The lowest BCUT2D eigenvalue weighted by Crippen LogP contribution is -2.42. The molecule has 6 N–H and O–H groups in total. The second kappa shape index (κ2) is 11.6. The number of fused-ring (bicyclic) bond motifs is 1. The van der Waals surface area contributed by atoms with E-state index >= 15 is 0 Å². The molecule has 0 spiro atoms. The fourth-order valence-corrected chi connectivity index (χ4v) is 5.32. The summed E-state index contributed by atoms with van der Waals surface area (Å²) in [5, 5.41) is 40.7. The number of nitrogens with zero attached hydrogens (tertiary/aromatic N) is 4. The molecule has 1 amide bonds. The van der Waals surface area contributed by atoms with E-state index in [9.17, 15) is 20.1 Å². The first kappa shape index (κ1) is 26.8. The van der Waals surface area contributed by atoms with E-state index in [1.165, 1.54) is 10.9 Å². The van der Waals surface area contributed by atoms with Gasteiger partial charge in [0.05, 0.1) is 18.5 Å². The molecule has 1 saturated carbocycles. The maximum absolute atomic E-state index is 12.5. The van der Waals surface area contributed by atoms with Gasteiger partial charge in [0.1, 0.15) is 12.2 Å². The lowest BCUT2D eigenvalue weighted by Gasteiger charge is -2.21. The summed E-state index contributed by atoms with van der Waals surface area (Å²) in [7, 11) is 0. The molecule has 4 atom stereocenters. The molecule has 6 rings (SSSR count). The molecule has 2 aromatic heterocycles. The van der Waals surface area contributed by atoms with Gasteiger partial charge in [-0.1, -0.05) is 60.7 Å². The number of aromatic nitrogens is 4. The van der Waals surface area contributed by atoms with Crippen LogP contribution >= 0.6 is 0 Å². The van der Waals surface area contributed by atoms with Gasteiger partial charge in [0, 0.05) is 20.4 Å². The summed E-state index contributed by atoms with van der Waals surface area (Å²) in [6.07, 6.45) is -2.46. The standard InChI is InChI=1S/C30H35N7O5/c1-2-31-27(41)24-22(39)23(40)28(42-24)37-17-33-21-25(34-29(35-26(21)37)36-30(16-38)13-14-30)32-15-20(18-9-5-3-6-10-18)19-11-7-4-8-12-19/h3-12,17,20,22-24,28,38-40H,2,13-16H2,1H3,(H,31,41)(H2,32,34,35,36)/t22-,23+,24-,28?/m0/s1/i1D. The third kappa shape index (κ3) is 5.41. The van der Waals surface area contributed by atoms with Gasteiger partial charge in [-0.2, -0.15) is 9.97 Å². The average molecular weight is 575 g/mol. The van der Waals surface area contributed by atoms with Crippen molar-refractivity contribution in [1.82, 2.24) is 24.8 Å².